The van der Waals surface area contributed by atoms with Crippen molar-refractivity contribution >= 4 is 5.91 Å². The second-order valence-corrected chi connectivity index (χ2v) is 5.55. The van der Waals surface area contributed by atoms with E-state index in [1.54, 1.807) is 0 Å². The predicted molar refractivity (Wildman–Crippen MR) is 68.5 cm³/mol. The van der Waals surface area contributed by atoms with Gasteiger partial charge in [-0.3, -0.25) is 4.79 Å². The van der Waals surface area contributed by atoms with Crippen LogP contribution in [0.3, 0.4) is 0 Å². The van der Waals surface area contributed by atoms with E-state index >= 15 is 0 Å². The standard InChI is InChI=1S/C13H25N3O/c1-9-10(2)16(7-6-15-9)13(17)12-5-3-4-11(12)8-14/h9-12,15H,3-8,14H2,1-2H3/t9?,10?,11-,12-/m1/s1. The van der Waals surface area contributed by atoms with Gasteiger partial charge in [-0.15, -0.1) is 0 Å². The summed E-state index contributed by atoms with van der Waals surface area (Å²) in [6, 6.07) is 0.695. The van der Waals surface area contributed by atoms with Crippen molar-refractivity contribution in [3.63, 3.8) is 0 Å². The Hall–Kier alpha value is -0.610. The third kappa shape index (κ3) is 2.47. The van der Waals surface area contributed by atoms with Gasteiger partial charge in [0.2, 0.25) is 5.91 Å². The van der Waals surface area contributed by atoms with E-state index < -0.39 is 0 Å². The first-order valence-corrected chi connectivity index (χ1v) is 6.89. The molecule has 0 aromatic carbocycles. The fraction of sp³-hybridized carbons (Fsp3) is 0.923. The normalized spacial score (nSPS) is 38.4. The minimum Gasteiger partial charge on any atom is -0.337 e. The van der Waals surface area contributed by atoms with Gasteiger partial charge in [0, 0.05) is 31.1 Å². The molecular formula is C13H25N3O. The summed E-state index contributed by atoms with van der Waals surface area (Å²) in [4.78, 5) is 14.6. The number of hydrogen-bond donors (Lipinski definition) is 2. The van der Waals surface area contributed by atoms with Gasteiger partial charge in [-0.25, -0.2) is 0 Å². The van der Waals surface area contributed by atoms with Crippen LogP contribution in [0, 0.1) is 11.8 Å². The molecule has 0 bridgehead atoms. The summed E-state index contributed by atoms with van der Waals surface area (Å²) in [5.74, 6) is 0.950. The average molecular weight is 239 g/mol. The van der Waals surface area contributed by atoms with Gasteiger partial charge in [0.1, 0.15) is 0 Å². The van der Waals surface area contributed by atoms with E-state index in [0.717, 1.165) is 32.4 Å². The van der Waals surface area contributed by atoms with Gasteiger partial charge in [-0.05, 0) is 39.2 Å². The van der Waals surface area contributed by atoms with Gasteiger partial charge in [0.15, 0.2) is 0 Å². The van der Waals surface area contributed by atoms with Gasteiger partial charge in [0.25, 0.3) is 0 Å². The molecule has 98 valence electrons. The minimum absolute atomic E-state index is 0.188. The number of rotatable bonds is 2. The van der Waals surface area contributed by atoms with Gasteiger partial charge in [-0.1, -0.05) is 6.42 Å². The van der Waals surface area contributed by atoms with E-state index in [4.69, 9.17) is 5.73 Å². The Morgan fingerprint density at radius 2 is 2.18 bits per heavy atom. The maximum Gasteiger partial charge on any atom is 0.226 e. The van der Waals surface area contributed by atoms with Crippen molar-refractivity contribution in [2.75, 3.05) is 19.6 Å². The van der Waals surface area contributed by atoms with Gasteiger partial charge < -0.3 is 16.0 Å². The van der Waals surface area contributed by atoms with Crippen LogP contribution < -0.4 is 11.1 Å². The number of nitrogens with zero attached hydrogens (tertiary/aromatic N) is 1. The van der Waals surface area contributed by atoms with Crippen LogP contribution in [0.1, 0.15) is 33.1 Å². The molecule has 0 spiro atoms. The molecule has 1 saturated heterocycles. The van der Waals surface area contributed by atoms with Crippen LogP contribution in [0.4, 0.5) is 0 Å². The molecule has 2 rings (SSSR count). The first-order chi connectivity index (χ1) is 8.15. The zero-order chi connectivity index (χ0) is 12.4. The predicted octanol–water partition coefficient (Wildman–Crippen LogP) is 0.570. The van der Waals surface area contributed by atoms with Crippen LogP contribution in [-0.2, 0) is 4.79 Å². The van der Waals surface area contributed by atoms with Crippen LogP contribution >= 0.6 is 0 Å². The molecule has 0 aromatic rings. The topological polar surface area (TPSA) is 58.4 Å². The molecule has 4 atom stereocenters. The minimum atomic E-state index is 0.188. The smallest absolute Gasteiger partial charge is 0.226 e. The molecule has 0 radical (unpaired) electrons. The van der Waals surface area contributed by atoms with Crippen molar-refractivity contribution < 1.29 is 4.79 Å². The molecule has 1 aliphatic carbocycles. The number of piperazine rings is 1. The first-order valence-electron chi connectivity index (χ1n) is 6.89. The molecule has 4 heteroatoms. The second-order valence-electron chi connectivity index (χ2n) is 5.55. The molecule has 3 N–H and O–H groups in total. The van der Waals surface area contributed by atoms with E-state index in [1.165, 1.54) is 0 Å². The molecule has 1 saturated carbocycles. The lowest BCUT2D eigenvalue weighted by Crippen LogP contribution is -2.58. The van der Waals surface area contributed by atoms with Crippen molar-refractivity contribution in [1.82, 2.24) is 10.2 Å². The first kappa shape index (κ1) is 12.8. The number of hydrogen-bond acceptors (Lipinski definition) is 3. The van der Waals surface area contributed by atoms with E-state index in [-0.39, 0.29) is 5.92 Å². The van der Waals surface area contributed by atoms with Gasteiger partial charge >= 0.3 is 0 Å². The highest BCUT2D eigenvalue weighted by Crippen LogP contribution is 2.33. The average Bonchev–Trinajstić information content (AvgIpc) is 2.80. The Morgan fingerprint density at radius 3 is 2.88 bits per heavy atom. The third-order valence-electron chi connectivity index (χ3n) is 4.60. The molecule has 4 nitrogen and oxygen atoms in total. The van der Waals surface area contributed by atoms with Crippen LogP contribution in [-0.4, -0.2) is 42.5 Å². The zero-order valence-electron chi connectivity index (χ0n) is 11.0. The van der Waals surface area contributed by atoms with Crippen molar-refractivity contribution in [3.8, 4) is 0 Å². The van der Waals surface area contributed by atoms with Gasteiger partial charge in [0.05, 0.1) is 0 Å². The lowest BCUT2D eigenvalue weighted by molar-refractivity contribution is -0.140. The Labute approximate surface area is 104 Å². The fourth-order valence-electron chi connectivity index (χ4n) is 3.22. The molecule has 2 aliphatic rings. The fourth-order valence-corrected chi connectivity index (χ4v) is 3.22. The quantitative estimate of drug-likeness (QED) is 0.741. The Balaban J connectivity index is 2.03. The number of nitrogens with two attached hydrogens (primary N) is 1. The Morgan fingerprint density at radius 1 is 1.41 bits per heavy atom. The second kappa shape index (κ2) is 5.36. The molecule has 2 unspecified atom stereocenters. The Kier molecular flexibility index (Phi) is 4.05. The highest BCUT2D eigenvalue weighted by Gasteiger charge is 2.37. The van der Waals surface area contributed by atoms with E-state index in [9.17, 15) is 4.79 Å². The summed E-state index contributed by atoms with van der Waals surface area (Å²) < 4.78 is 0. The molecule has 1 amide bonds. The van der Waals surface area contributed by atoms with Crippen LogP contribution in [0.5, 0.6) is 0 Å². The third-order valence-corrected chi connectivity index (χ3v) is 4.60. The van der Waals surface area contributed by atoms with Crippen LogP contribution in [0.2, 0.25) is 0 Å². The summed E-state index contributed by atoms with van der Waals surface area (Å²) >= 11 is 0. The lowest BCUT2D eigenvalue weighted by Gasteiger charge is -2.40. The largest absolute Gasteiger partial charge is 0.337 e. The monoisotopic (exact) mass is 239 g/mol. The number of nitrogens with one attached hydrogen (secondary N) is 1. The summed E-state index contributed by atoms with van der Waals surface area (Å²) in [6.45, 7) is 6.71. The van der Waals surface area contributed by atoms with Crippen molar-refractivity contribution in [3.05, 3.63) is 0 Å². The number of carbonyl (C=O) groups is 1. The molecule has 1 heterocycles. The summed E-state index contributed by atoms with van der Waals surface area (Å²) in [7, 11) is 0. The van der Waals surface area contributed by atoms with Crippen LogP contribution in [0.15, 0.2) is 0 Å². The van der Waals surface area contributed by atoms with Crippen LogP contribution in [0.25, 0.3) is 0 Å². The van der Waals surface area contributed by atoms with E-state index in [0.29, 0.717) is 30.5 Å². The summed E-state index contributed by atoms with van der Waals surface area (Å²) in [6.07, 6.45) is 3.32. The summed E-state index contributed by atoms with van der Waals surface area (Å²) in [5.41, 5.74) is 5.77. The highest BCUT2D eigenvalue weighted by atomic mass is 16.2. The SMILES string of the molecule is CC1NCCN(C(=O)[C@@H]2CCC[C@@H]2CN)C1C. The summed E-state index contributed by atoms with van der Waals surface area (Å²) in [5, 5.41) is 3.41. The molecule has 0 aromatic heterocycles. The van der Waals surface area contributed by atoms with E-state index in [2.05, 4.69) is 24.1 Å². The van der Waals surface area contributed by atoms with Crippen molar-refractivity contribution in [2.24, 2.45) is 17.6 Å². The molecule has 17 heavy (non-hydrogen) atoms. The maximum atomic E-state index is 12.6. The molecular weight excluding hydrogens is 214 g/mol. The molecule has 1 aliphatic heterocycles. The molecule has 2 fully saturated rings. The van der Waals surface area contributed by atoms with E-state index in [1.807, 2.05) is 0 Å². The number of amides is 1. The van der Waals surface area contributed by atoms with Gasteiger partial charge in [-0.2, -0.15) is 0 Å². The lowest BCUT2D eigenvalue weighted by atomic mass is 9.93. The zero-order valence-corrected chi connectivity index (χ0v) is 11.0. The Bertz CT molecular complexity index is 282. The van der Waals surface area contributed by atoms with Crippen molar-refractivity contribution in [1.29, 1.82) is 0 Å². The maximum absolute atomic E-state index is 12.6. The number of carbonyl (C=O) groups excluding carboxylic acids is 1. The highest BCUT2D eigenvalue weighted by molar-refractivity contribution is 5.80. The van der Waals surface area contributed by atoms with Crippen molar-refractivity contribution in [2.45, 2.75) is 45.2 Å².